The van der Waals surface area contributed by atoms with Crippen LogP contribution in [0, 0.1) is 0 Å². The Balaban J connectivity index is 2.13. The summed E-state index contributed by atoms with van der Waals surface area (Å²) in [5.74, 6) is -0.141. The number of nitrogens with one attached hydrogen (secondary N) is 2. The van der Waals surface area contributed by atoms with E-state index in [9.17, 15) is 4.79 Å². The molecule has 0 fully saturated rings. The maximum absolute atomic E-state index is 12.1. The number of benzene rings is 1. The van der Waals surface area contributed by atoms with E-state index in [1.807, 2.05) is 31.3 Å². The Hall–Kier alpha value is -1.72. The van der Waals surface area contributed by atoms with Crippen LogP contribution in [0.5, 0.6) is 0 Å². The highest BCUT2D eigenvalue weighted by Crippen LogP contribution is 2.16. The Kier molecular flexibility index (Phi) is 4.65. The highest BCUT2D eigenvalue weighted by Gasteiger charge is 2.07. The van der Waals surface area contributed by atoms with Gasteiger partial charge >= 0.3 is 0 Å². The van der Waals surface area contributed by atoms with Gasteiger partial charge in [0, 0.05) is 28.5 Å². The van der Waals surface area contributed by atoms with E-state index in [-0.39, 0.29) is 5.91 Å². The van der Waals surface area contributed by atoms with Gasteiger partial charge in [-0.3, -0.25) is 9.78 Å². The zero-order valence-corrected chi connectivity index (χ0v) is 12.1. The van der Waals surface area contributed by atoms with E-state index in [0.29, 0.717) is 12.1 Å². The van der Waals surface area contributed by atoms with Crippen molar-refractivity contribution in [3.05, 3.63) is 58.3 Å². The number of rotatable bonds is 4. The summed E-state index contributed by atoms with van der Waals surface area (Å²) in [5, 5.41) is 5.86. The van der Waals surface area contributed by atoms with E-state index in [1.54, 1.807) is 18.3 Å². The second-order valence-electron chi connectivity index (χ2n) is 4.03. The van der Waals surface area contributed by atoms with E-state index >= 15 is 0 Å². The smallest absolute Gasteiger partial charge is 0.255 e. The van der Waals surface area contributed by atoms with Crippen molar-refractivity contribution >= 4 is 27.5 Å². The molecule has 1 aromatic carbocycles. The van der Waals surface area contributed by atoms with E-state index in [1.165, 1.54) is 0 Å². The molecule has 2 rings (SSSR count). The van der Waals surface area contributed by atoms with Crippen LogP contribution >= 0.6 is 15.9 Å². The first-order valence-electron chi connectivity index (χ1n) is 5.85. The van der Waals surface area contributed by atoms with E-state index in [4.69, 9.17) is 0 Å². The molecule has 5 heteroatoms. The lowest BCUT2D eigenvalue weighted by Crippen LogP contribution is -2.14. The van der Waals surface area contributed by atoms with Crippen molar-refractivity contribution in [2.24, 2.45) is 0 Å². The number of carbonyl (C=O) groups is 1. The lowest BCUT2D eigenvalue weighted by Gasteiger charge is -2.07. The molecule has 0 unspecified atom stereocenters. The van der Waals surface area contributed by atoms with Crippen molar-refractivity contribution in [2.45, 2.75) is 6.54 Å². The number of hydrogen-bond donors (Lipinski definition) is 2. The normalized spacial score (nSPS) is 10.2. The fourth-order valence-electron chi connectivity index (χ4n) is 1.67. The van der Waals surface area contributed by atoms with Gasteiger partial charge in [-0.25, -0.2) is 0 Å². The third-order valence-electron chi connectivity index (χ3n) is 2.52. The van der Waals surface area contributed by atoms with E-state index in [0.717, 1.165) is 15.9 Å². The average molecular weight is 320 g/mol. The van der Waals surface area contributed by atoms with Crippen LogP contribution in [0.2, 0.25) is 0 Å². The number of carbonyl (C=O) groups excluding carboxylic acids is 1. The minimum atomic E-state index is -0.141. The molecule has 0 aliphatic carbocycles. The van der Waals surface area contributed by atoms with Gasteiger partial charge in [0.15, 0.2) is 0 Å². The minimum Gasteiger partial charge on any atom is -0.322 e. The maximum Gasteiger partial charge on any atom is 0.255 e. The SMILES string of the molecule is CNCc1cc(C(=O)Nc2cccc(Br)c2)ccn1. The summed E-state index contributed by atoms with van der Waals surface area (Å²) < 4.78 is 0.927. The van der Waals surface area contributed by atoms with Gasteiger partial charge in [0.25, 0.3) is 5.91 Å². The summed E-state index contributed by atoms with van der Waals surface area (Å²) in [4.78, 5) is 16.3. The summed E-state index contributed by atoms with van der Waals surface area (Å²) in [5.41, 5.74) is 2.19. The molecule has 0 saturated carbocycles. The largest absolute Gasteiger partial charge is 0.322 e. The number of nitrogens with zero attached hydrogens (tertiary/aromatic N) is 1. The Morgan fingerprint density at radius 2 is 2.16 bits per heavy atom. The Morgan fingerprint density at radius 1 is 1.32 bits per heavy atom. The average Bonchev–Trinajstić information content (AvgIpc) is 2.39. The fourth-order valence-corrected chi connectivity index (χ4v) is 2.07. The number of hydrogen-bond acceptors (Lipinski definition) is 3. The quantitative estimate of drug-likeness (QED) is 0.911. The van der Waals surface area contributed by atoms with Crippen molar-refractivity contribution in [2.75, 3.05) is 12.4 Å². The first-order chi connectivity index (χ1) is 9.19. The van der Waals surface area contributed by atoms with Gasteiger partial charge in [0.05, 0.1) is 5.69 Å². The second-order valence-corrected chi connectivity index (χ2v) is 4.95. The Morgan fingerprint density at radius 3 is 2.89 bits per heavy atom. The lowest BCUT2D eigenvalue weighted by atomic mass is 10.2. The molecule has 0 saturated heterocycles. The van der Waals surface area contributed by atoms with Crippen LogP contribution in [0.25, 0.3) is 0 Å². The molecule has 1 aromatic heterocycles. The summed E-state index contributed by atoms with van der Waals surface area (Å²) in [7, 11) is 1.84. The van der Waals surface area contributed by atoms with Crippen LogP contribution in [0.1, 0.15) is 16.1 Å². The molecule has 0 aliphatic heterocycles. The number of halogens is 1. The van der Waals surface area contributed by atoms with Crippen molar-refractivity contribution in [3.8, 4) is 0 Å². The van der Waals surface area contributed by atoms with Crippen LogP contribution in [0.15, 0.2) is 47.1 Å². The van der Waals surface area contributed by atoms with Crippen LogP contribution in [0.4, 0.5) is 5.69 Å². The summed E-state index contributed by atoms with van der Waals surface area (Å²) >= 11 is 3.37. The molecule has 0 bridgehead atoms. The lowest BCUT2D eigenvalue weighted by molar-refractivity contribution is 0.102. The van der Waals surface area contributed by atoms with Crippen LogP contribution in [-0.2, 0) is 6.54 Å². The molecule has 2 aromatic rings. The topological polar surface area (TPSA) is 54.0 Å². The zero-order valence-electron chi connectivity index (χ0n) is 10.5. The van der Waals surface area contributed by atoms with Crippen LogP contribution in [-0.4, -0.2) is 17.9 Å². The van der Waals surface area contributed by atoms with Gasteiger partial charge in [0.1, 0.15) is 0 Å². The van der Waals surface area contributed by atoms with Crippen molar-refractivity contribution in [1.82, 2.24) is 10.3 Å². The van der Waals surface area contributed by atoms with Gasteiger partial charge in [-0.2, -0.15) is 0 Å². The molecule has 4 nitrogen and oxygen atoms in total. The summed E-state index contributed by atoms with van der Waals surface area (Å²) in [6, 6.07) is 11.0. The third kappa shape index (κ3) is 3.87. The molecular formula is C14H14BrN3O. The number of amides is 1. The van der Waals surface area contributed by atoms with E-state index in [2.05, 4.69) is 31.5 Å². The standard InChI is InChI=1S/C14H14BrN3O/c1-16-9-13-7-10(5-6-17-13)14(19)18-12-4-2-3-11(15)8-12/h2-8,16H,9H2,1H3,(H,18,19). The summed E-state index contributed by atoms with van der Waals surface area (Å²) in [6.07, 6.45) is 1.64. The molecule has 0 atom stereocenters. The molecule has 1 amide bonds. The number of pyridine rings is 1. The number of anilines is 1. The molecule has 0 aliphatic rings. The van der Waals surface area contributed by atoms with Crippen molar-refractivity contribution < 1.29 is 4.79 Å². The molecular weight excluding hydrogens is 306 g/mol. The van der Waals surface area contributed by atoms with Gasteiger partial charge in [-0.15, -0.1) is 0 Å². The first kappa shape index (κ1) is 13.7. The molecule has 2 N–H and O–H groups in total. The van der Waals surface area contributed by atoms with Crippen molar-refractivity contribution in [1.29, 1.82) is 0 Å². The zero-order chi connectivity index (χ0) is 13.7. The molecule has 98 valence electrons. The molecule has 0 radical (unpaired) electrons. The fraction of sp³-hybridized carbons (Fsp3) is 0.143. The van der Waals surface area contributed by atoms with Gasteiger partial charge in [0.2, 0.25) is 0 Å². The molecule has 1 heterocycles. The monoisotopic (exact) mass is 319 g/mol. The van der Waals surface area contributed by atoms with Gasteiger partial charge < -0.3 is 10.6 Å². The van der Waals surface area contributed by atoms with Crippen molar-refractivity contribution in [3.63, 3.8) is 0 Å². The highest BCUT2D eigenvalue weighted by atomic mass is 79.9. The Bertz CT molecular complexity index is 586. The first-order valence-corrected chi connectivity index (χ1v) is 6.65. The minimum absolute atomic E-state index is 0.141. The van der Waals surface area contributed by atoms with Crippen LogP contribution in [0.3, 0.4) is 0 Å². The summed E-state index contributed by atoms with van der Waals surface area (Å²) in [6.45, 7) is 0.637. The molecule has 0 spiro atoms. The van der Waals surface area contributed by atoms with Gasteiger partial charge in [-0.1, -0.05) is 22.0 Å². The number of aromatic nitrogens is 1. The van der Waals surface area contributed by atoms with Crippen LogP contribution < -0.4 is 10.6 Å². The third-order valence-corrected chi connectivity index (χ3v) is 3.01. The van der Waals surface area contributed by atoms with Gasteiger partial charge in [-0.05, 0) is 37.4 Å². The Labute approximate surface area is 120 Å². The predicted molar refractivity (Wildman–Crippen MR) is 79.1 cm³/mol. The maximum atomic E-state index is 12.1. The molecule has 19 heavy (non-hydrogen) atoms. The van der Waals surface area contributed by atoms with E-state index < -0.39 is 0 Å². The highest BCUT2D eigenvalue weighted by molar-refractivity contribution is 9.10. The second kappa shape index (κ2) is 6.45. The predicted octanol–water partition coefficient (Wildman–Crippen LogP) is 2.82.